The van der Waals surface area contributed by atoms with E-state index in [1.807, 2.05) is 24.6 Å². The van der Waals surface area contributed by atoms with Gasteiger partial charge in [0.15, 0.2) is 10.9 Å². The summed E-state index contributed by atoms with van der Waals surface area (Å²) in [6, 6.07) is 6.11. The molecule has 4 rings (SSSR count). The van der Waals surface area contributed by atoms with Gasteiger partial charge in [0.25, 0.3) is 0 Å². The minimum Gasteiger partial charge on any atom is -0.494 e. The van der Waals surface area contributed by atoms with Crippen LogP contribution in [0.25, 0.3) is 0 Å². The average molecular weight is 426 g/mol. The second-order valence-electron chi connectivity index (χ2n) is 7.38. The first kappa shape index (κ1) is 20.7. The molecule has 1 aliphatic rings. The van der Waals surface area contributed by atoms with Crippen LogP contribution >= 0.6 is 11.3 Å². The third-order valence-electron chi connectivity index (χ3n) is 5.33. The molecule has 0 saturated carbocycles. The number of aromatic nitrogens is 3. The minimum absolute atomic E-state index is 0.00468. The highest BCUT2D eigenvalue weighted by Crippen LogP contribution is 2.29. The molecule has 2 N–H and O–H groups in total. The Morgan fingerprint density at radius 1 is 1.27 bits per heavy atom. The number of benzene rings is 1. The Hall–Kier alpha value is -2.55. The van der Waals surface area contributed by atoms with Gasteiger partial charge in [-0.05, 0) is 50.6 Å². The Kier molecular flexibility index (Phi) is 6.88. The van der Waals surface area contributed by atoms with Gasteiger partial charge in [-0.2, -0.15) is 0 Å². The van der Waals surface area contributed by atoms with E-state index in [4.69, 9.17) is 9.72 Å². The van der Waals surface area contributed by atoms with Crippen LogP contribution < -0.4 is 10.1 Å². The molecule has 0 bridgehead atoms. The van der Waals surface area contributed by atoms with Gasteiger partial charge in [0.05, 0.1) is 25.1 Å². The van der Waals surface area contributed by atoms with Gasteiger partial charge >= 0.3 is 0 Å². The number of hydrogen-bond donors (Lipinski definition) is 2. The lowest BCUT2D eigenvalue weighted by atomic mass is 9.93. The van der Waals surface area contributed by atoms with Crippen molar-refractivity contribution >= 4 is 22.3 Å². The standard InChI is InChI=1S/C22H27N5O2S/c1-2-29-20-4-3-16(11-18(20)15-28)14-27-8-5-17(6-9-27)19-12-23-13-21(25-19)26-22-24-7-10-30-22/h3-4,7,10-13,17,28H,2,5-6,8-9,14-15H2,1H3,(H,24,25,26). The van der Waals surface area contributed by atoms with Crippen LogP contribution in [0.4, 0.5) is 10.9 Å². The Labute approximate surface area is 180 Å². The Morgan fingerprint density at radius 3 is 2.87 bits per heavy atom. The maximum atomic E-state index is 9.62. The summed E-state index contributed by atoms with van der Waals surface area (Å²) < 4.78 is 5.58. The minimum atomic E-state index is -0.00468. The molecular weight excluding hydrogens is 398 g/mol. The van der Waals surface area contributed by atoms with Crippen molar-refractivity contribution in [3.8, 4) is 5.75 Å². The van der Waals surface area contributed by atoms with Crippen LogP contribution in [-0.2, 0) is 13.2 Å². The van der Waals surface area contributed by atoms with E-state index in [1.165, 1.54) is 5.56 Å². The van der Waals surface area contributed by atoms with Gasteiger partial charge in [0.2, 0.25) is 0 Å². The van der Waals surface area contributed by atoms with Crippen LogP contribution in [0.2, 0.25) is 0 Å². The van der Waals surface area contributed by atoms with Crippen molar-refractivity contribution in [3.63, 3.8) is 0 Å². The number of nitrogens with zero attached hydrogens (tertiary/aromatic N) is 4. The summed E-state index contributed by atoms with van der Waals surface area (Å²) in [5, 5.41) is 15.6. The molecule has 8 heteroatoms. The van der Waals surface area contributed by atoms with Gasteiger partial charge in [-0.15, -0.1) is 11.3 Å². The number of piperidine rings is 1. The van der Waals surface area contributed by atoms with Gasteiger partial charge in [-0.1, -0.05) is 6.07 Å². The van der Waals surface area contributed by atoms with Crippen molar-refractivity contribution in [1.29, 1.82) is 0 Å². The van der Waals surface area contributed by atoms with Crippen LogP contribution in [-0.4, -0.2) is 44.7 Å². The highest BCUT2D eigenvalue weighted by Gasteiger charge is 2.22. The second kappa shape index (κ2) is 9.97. The smallest absolute Gasteiger partial charge is 0.188 e. The molecule has 1 aliphatic heterocycles. The lowest BCUT2D eigenvalue weighted by Gasteiger charge is -2.31. The van der Waals surface area contributed by atoms with Crippen molar-refractivity contribution in [2.24, 2.45) is 0 Å². The van der Waals surface area contributed by atoms with Crippen LogP contribution in [0.1, 0.15) is 42.5 Å². The first-order valence-corrected chi connectivity index (χ1v) is 11.2. The molecule has 0 aliphatic carbocycles. The normalized spacial score (nSPS) is 15.3. The average Bonchev–Trinajstić information content (AvgIpc) is 3.29. The van der Waals surface area contributed by atoms with E-state index in [1.54, 1.807) is 23.7 Å². The fourth-order valence-corrected chi connectivity index (χ4v) is 4.36. The quantitative estimate of drug-likeness (QED) is 0.565. The number of anilines is 2. The van der Waals surface area contributed by atoms with Crippen LogP contribution in [0, 0.1) is 0 Å². The Morgan fingerprint density at radius 2 is 2.13 bits per heavy atom. The largest absolute Gasteiger partial charge is 0.494 e. The first-order valence-electron chi connectivity index (χ1n) is 10.3. The summed E-state index contributed by atoms with van der Waals surface area (Å²) >= 11 is 1.55. The summed E-state index contributed by atoms with van der Waals surface area (Å²) in [5.74, 6) is 1.93. The van der Waals surface area contributed by atoms with Crippen LogP contribution in [0.3, 0.4) is 0 Å². The fourth-order valence-electron chi connectivity index (χ4n) is 3.83. The zero-order chi connectivity index (χ0) is 20.8. The molecule has 1 aromatic carbocycles. The van der Waals surface area contributed by atoms with Gasteiger partial charge in [0, 0.05) is 35.8 Å². The first-order chi connectivity index (χ1) is 14.7. The van der Waals surface area contributed by atoms with Crippen molar-refractivity contribution in [2.75, 3.05) is 25.0 Å². The number of rotatable bonds is 8. The van der Waals surface area contributed by atoms with Gasteiger partial charge in [-0.3, -0.25) is 9.88 Å². The van der Waals surface area contributed by atoms with Crippen molar-refractivity contribution in [1.82, 2.24) is 19.9 Å². The zero-order valence-electron chi connectivity index (χ0n) is 17.1. The molecule has 0 spiro atoms. The molecule has 0 amide bonds. The lowest BCUT2D eigenvalue weighted by Crippen LogP contribution is -2.32. The number of thiazole rings is 1. The van der Waals surface area contributed by atoms with Gasteiger partial charge < -0.3 is 15.2 Å². The summed E-state index contributed by atoms with van der Waals surface area (Å²) in [6.07, 6.45) is 7.50. The van der Waals surface area contributed by atoms with E-state index >= 15 is 0 Å². The molecule has 158 valence electrons. The Balaban J connectivity index is 1.34. The van der Waals surface area contributed by atoms with E-state index in [2.05, 4.69) is 32.3 Å². The number of likely N-dealkylation sites (tertiary alicyclic amines) is 1. The molecule has 3 aromatic rings. The molecule has 1 saturated heterocycles. The third-order valence-corrected chi connectivity index (χ3v) is 6.02. The van der Waals surface area contributed by atoms with E-state index in [9.17, 15) is 5.11 Å². The van der Waals surface area contributed by atoms with Crippen molar-refractivity contribution < 1.29 is 9.84 Å². The highest BCUT2D eigenvalue weighted by molar-refractivity contribution is 7.13. The topological polar surface area (TPSA) is 83.4 Å². The zero-order valence-corrected chi connectivity index (χ0v) is 17.9. The number of hydrogen-bond acceptors (Lipinski definition) is 8. The molecule has 0 atom stereocenters. The SMILES string of the molecule is CCOc1ccc(CN2CCC(c3cncc(Nc4nccs4)n3)CC2)cc1CO. The predicted molar refractivity (Wildman–Crippen MR) is 118 cm³/mol. The molecule has 0 radical (unpaired) electrons. The van der Waals surface area contributed by atoms with Crippen molar-refractivity contribution in [3.05, 3.63) is 59.0 Å². The number of aliphatic hydroxyl groups excluding tert-OH is 1. The van der Waals surface area contributed by atoms with Crippen LogP contribution in [0.5, 0.6) is 5.75 Å². The molecule has 2 aromatic heterocycles. The van der Waals surface area contributed by atoms with E-state index in [0.717, 1.165) is 60.4 Å². The summed E-state index contributed by atoms with van der Waals surface area (Å²) in [7, 11) is 0. The molecular formula is C22H27N5O2S. The van der Waals surface area contributed by atoms with E-state index in [-0.39, 0.29) is 6.61 Å². The monoisotopic (exact) mass is 425 g/mol. The predicted octanol–water partition coefficient (Wildman–Crippen LogP) is 3.95. The van der Waals surface area contributed by atoms with Crippen molar-refractivity contribution in [2.45, 2.75) is 38.8 Å². The summed E-state index contributed by atoms with van der Waals surface area (Å²) in [5.41, 5.74) is 3.10. The Bertz CT molecular complexity index is 942. The molecule has 0 unspecified atom stereocenters. The van der Waals surface area contributed by atoms with E-state index < -0.39 is 0 Å². The third kappa shape index (κ3) is 5.13. The van der Waals surface area contributed by atoms with Gasteiger partial charge in [0.1, 0.15) is 5.75 Å². The number of ether oxygens (including phenoxy) is 1. The van der Waals surface area contributed by atoms with E-state index in [0.29, 0.717) is 12.5 Å². The summed E-state index contributed by atoms with van der Waals surface area (Å²) in [4.78, 5) is 15.8. The number of aliphatic hydroxyl groups is 1. The highest BCUT2D eigenvalue weighted by atomic mass is 32.1. The molecule has 7 nitrogen and oxygen atoms in total. The maximum Gasteiger partial charge on any atom is 0.188 e. The summed E-state index contributed by atoms with van der Waals surface area (Å²) in [6.45, 7) is 5.45. The second-order valence-corrected chi connectivity index (χ2v) is 8.27. The molecule has 3 heterocycles. The maximum absolute atomic E-state index is 9.62. The molecule has 30 heavy (non-hydrogen) atoms. The lowest BCUT2D eigenvalue weighted by molar-refractivity contribution is 0.203. The van der Waals surface area contributed by atoms with Crippen LogP contribution in [0.15, 0.2) is 42.2 Å². The molecule has 1 fully saturated rings. The van der Waals surface area contributed by atoms with Gasteiger partial charge in [-0.25, -0.2) is 9.97 Å². The fraction of sp³-hybridized carbons (Fsp3) is 0.409. The number of nitrogens with one attached hydrogen (secondary N) is 1.